The van der Waals surface area contributed by atoms with E-state index in [1.54, 1.807) is 18.3 Å². The first-order chi connectivity index (χ1) is 7.56. The van der Waals surface area contributed by atoms with Gasteiger partial charge in [0.1, 0.15) is 5.82 Å². The summed E-state index contributed by atoms with van der Waals surface area (Å²) in [6, 6.07) is 6.04. The summed E-state index contributed by atoms with van der Waals surface area (Å²) in [5.74, 6) is -0.399. The van der Waals surface area contributed by atoms with E-state index in [1.807, 2.05) is 6.92 Å². The Morgan fingerprint density at radius 1 is 1.25 bits per heavy atom. The highest BCUT2D eigenvalue weighted by atomic mass is 35.5. The molecule has 4 heteroatoms. The van der Waals surface area contributed by atoms with E-state index >= 15 is 0 Å². The number of hydrogen-bond donors (Lipinski definition) is 1. The molecule has 2 N–H and O–H groups in total. The third kappa shape index (κ3) is 2.14. The third-order valence-electron chi connectivity index (χ3n) is 2.19. The van der Waals surface area contributed by atoms with Gasteiger partial charge >= 0.3 is 0 Å². The molecule has 0 radical (unpaired) electrons. The van der Waals surface area contributed by atoms with E-state index in [1.165, 1.54) is 12.1 Å². The van der Waals surface area contributed by atoms with Crippen LogP contribution >= 0.6 is 11.6 Å². The lowest BCUT2D eigenvalue weighted by Crippen LogP contribution is -1.94. The molecule has 0 aliphatic heterocycles. The van der Waals surface area contributed by atoms with E-state index in [9.17, 15) is 4.39 Å². The second-order valence-electron chi connectivity index (χ2n) is 3.61. The van der Waals surface area contributed by atoms with Crippen molar-refractivity contribution in [2.24, 2.45) is 0 Å². The maximum absolute atomic E-state index is 13.2. The number of pyridine rings is 1. The van der Waals surface area contributed by atoms with Crippen LogP contribution in [0.15, 0.2) is 30.5 Å². The fourth-order valence-corrected chi connectivity index (χ4v) is 1.75. The van der Waals surface area contributed by atoms with Crippen LogP contribution in [0.2, 0.25) is 5.02 Å². The van der Waals surface area contributed by atoms with Crippen molar-refractivity contribution in [1.82, 2.24) is 4.98 Å². The normalized spacial score (nSPS) is 10.4. The van der Waals surface area contributed by atoms with Crippen molar-refractivity contribution in [1.29, 1.82) is 0 Å². The predicted octanol–water partition coefficient (Wildman–Crippen LogP) is 3.43. The molecule has 2 nitrogen and oxygen atoms in total. The Morgan fingerprint density at radius 2 is 2.00 bits per heavy atom. The second kappa shape index (κ2) is 4.10. The fourth-order valence-electron chi connectivity index (χ4n) is 1.52. The van der Waals surface area contributed by atoms with E-state index < -0.39 is 5.82 Å². The van der Waals surface area contributed by atoms with Gasteiger partial charge in [0.2, 0.25) is 0 Å². The molecule has 0 spiro atoms. The van der Waals surface area contributed by atoms with Gasteiger partial charge in [-0.1, -0.05) is 11.6 Å². The summed E-state index contributed by atoms with van der Waals surface area (Å²) in [4.78, 5) is 4.18. The van der Waals surface area contributed by atoms with Crippen molar-refractivity contribution in [2.75, 3.05) is 5.73 Å². The average Bonchev–Trinajstić information content (AvgIpc) is 2.15. The van der Waals surface area contributed by atoms with Crippen LogP contribution in [0.1, 0.15) is 5.56 Å². The molecule has 0 aliphatic rings. The lowest BCUT2D eigenvalue weighted by molar-refractivity contribution is 0.628. The fraction of sp³-hybridized carbons (Fsp3) is 0.0833. The van der Waals surface area contributed by atoms with E-state index in [-0.39, 0.29) is 0 Å². The van der Waals surface area contributed by atoms with Crippen LogP contribution in [0.3, 0.4) is 0 Å². The second-order valence-corrected chi connectivity index (χ2v) is 4.05. The number of nitrogens with zero attached hydrogens (tertiary/aromatic N) is 1. The molecule has 0 bridgehead atoms. The van der Waals surface area contributed by atoms with Crippen LogP contribution in [-0.4, -0.2) is 4.98 Å². The Morgan fingerprint density at radius 3 is 2.62 bits per heavy atom. The molecule has 16 heavy (non-hydrogen) atoms. The maximum atomic E-state index is 13.2. The van der Waals surface area contributed by atoms with Crippen molar-refractivity contribution in [2.45, 2.75) is 6.92 Å². The molecule has 2 aromatic rings. The summed E-state index contributed by atoms with van der Waals surface area (Å²) in [5.41, 5.74) is 8.44. The van der Waals surface area contributed by atoms with E-state index in [0.717, 1.165) is 5.56 Å². The summed E-state index contributed by atoms with van der Waals surface area (Å²) in [6.07, 6.45) is 1.69. The molecular weight excluding hydrogens is 227 g/mol. The number of nitrogens with two attached hydrogens (primary N) is 1. The molecule has 82 valence electrons. The number of halogens is 2. The molecule has 0 saturated carbocycles. The van der Waals surface area contributed by atoms with Crippen LogP contribution in [0, 0.1) is 12.7 Å². The smallest absolute Gasteiger partial charge is 0.125 e. The van der Waals surface area contributed by atoms with Crippen LogP contribution in [-0.2, 0) is 0 Å². The van der Waals surface area contributed by atoms with Crippen molar-refractivity contribution in [3.63, 3.8) is 0 Å². The molecule has 0 unspecified atom stereocenters. The molecule has 1 aromatic heterocycles. The highest BCUT2D eigenvalue weighted by Crippen LogP contribution is 2.27. The Hall–Kier alpha value is -1.61. The van der Waals surface area contributed by atoms with Crippen molar-refractivity contribution in [3.05, 3.63) is 46.9 Å². The molecule has 0 atom stereocenters. The zero-order valence-corrected chi connectivity index (χ0v) is 9.42. The number of rotatable bonds is 1. The summed E-state index contributed by atoms with van der Waals surface area (Å²) < 4.78 is 13.2. The van der Waals surface area contributed by atoms with Gasteiger partial charge in [0.25, 0.3) is 0 Å². The Kier molecular flexibility index (Phi) is 2.79. The molecule has 1 heterocycles. The minimum Gasteiger partial charge on any atom is -0.397 e. The number of anilines is 1. The van der Waals surface area contributed by atoms with Gasteiger partial charge in [-0.25, -0.2) is 4.39 Å². The van der Waals surface area contributed by atoms with Gasteiger partial charge < -0.3 is 5.73 Å². The number of aromatic nitrogens is 1. The van der Waals surface area contributed by atoms with E-state index in [2.05, 4.69) is 4.98 Å². The predicted molar refractivity (Wildman–Crippen MR) is 63.8 cm³/mol. The van der Waals surface area contributed by atoms with Crippen LogP contribution in [0.4, 0.5) is 10.1 Å². The lowest BCUT2D eigenvalue weighted by atomic mass is 10.1. The molecule has 0 aliphatic carbocycles. The largest absolute Gasteiger partial charge is 0.397 e. The number of nitrogen functional groups attached to an aromatic ring is 1. The highest BCUT2D eigenvalue weighted by Gasteiger charge is 2.07. The third-order valence-corrected chi connectivity index (χ3v) is 2.41. The van der Waals surface area contributed by atoms with Gasteiger partial charge in [-0.15, -0.1) is 0 Å². The Labute approximate surface area is 97.9 Å². The Balaban J connectivity index is 2.58. The lowest BCUT2D eigenvalue weighted by Gasteiger charge is -2.06. The van der Waals surface area contributed by atoms with Gasteiger partial charge in [0, 0.05) is 16.8 Å². The highest BCUT2D eigenvalue weighted by molar-refractivity contribution is 6.30. The standard InChI is InChI=1S/C12H10ClFN2/c1-7-2-11(15)12(16-6-7)8-3-9(13)5-10(14)4-8/h2-6H,15H2,1H3. The van der Waals surface area contributed by atoms with Gasteiger partial charge in [-0.2, -0.15) is 0 Å². The first-order valence-electron chi connectivity index (χ1n) is 4.75. The molecule has 2 rings (SSSR count). The van der Waals surface area contributed by atoms with Crippen LogP contribution in [0.25, 0.3) is 11.3 Å². The van der Waals surface area contributed by atoms with Crippen molar-refractivity contribution < 1.29 is 4.39 Å². The minimum absolute atomic E-state index is 0.330. The summed E-state index contributed by atoms with van der Waals surface area (Å²) in [6.45, 7) is 1.89. The van der Waals surface area contributed by atoms with Gasteiger partial charge in [0.15, 0.2) is 0 Å². The van der Waals surface area contributed by atoms with Gasteiger partial charge in [0.05, 0.1) is 11.4 Å². The molecule has 0 amide bonds. The van der Waals surface area contributed by atoms with Crippen molar-refractivity contribution >= 4 is 17.3 Å². The molecule has 1 aromatic carbocycles. The Bertz CT molecular complexity index is 520. The number of benzene rings is 1. The monoisotopic (exact) mass is 236 g/mol. The van der Waals surface area contributed by atoms with Gasteiger partial charge in [-0.05, 0) is 36.8 Å². The summed E-state index contributed by atoms with van der Waals surface area (Å²) in [7, 11) is 0. The molecule has 0 fully saturated rings. The quantitative estimate of drug-likeness (QED) is 0.824. The summed E-state index contributed by atoms with van der Waals surface area (Å²) >= 11 is 5.78. The number of hydrogen-bond acceptors (Lipinski definition) is 2. The maximum Gasteiger partial charge on any atom is 0.125 e. The zero-order chi connectivity index (χ0) is 11.7. The van der Waals surface area contributed by atoms with Crippen LogP contribution < -0.4 is 5.73 Å². The molecule has 0 saturated heterocycles. The topological polar surface area (TPSA) is 38.9 Å². The SMILES string of the molecule is Cc1cnc(-c2cc(F)cc(Cl)c2)c(N)c1. The molecular formula is C12H10ClFN2. The average molecular weight is 237 g/mol. The van der Waals surface area contributed by atoms with E-state index in [0.29, 0.717) is 22.0 Å². The van der Waals surface area contributed by atoms with E-state index in [4.69, 9.17) is 17.3 Å². The minimum atomic E-state index is -0.399. The zero-order valence-electron chi connectivity index (χ0n) is 8.67. The first-order valence-corrected chi connectivity index (χ1v) is 5.12. The van der Waals surface area contributed by atoms with Gasteiger partial charge in [-0.3, -0.25) is 4.98 Å². The number of aryl methyl sites for hydroxylation is 1. The first kappa shape index (κ1) is 10.9. The van der Waals surface area contributed by atoms with Crippen LogP contribution in [0.5, 0.6) is 0 Å². The van der Waals surface area contributed by atoms with Crippen molar-refractivity contribution in [3.8, 4) is 11.3 Å². The summed E-state index contributed by atoms with van der Waals surface area (Å²) in [5, 5.41) is 0.330.